The van der Waals surface area contributed by atoms with Crippen molar-refractivity contribution in [2.45, 2.75) is 12.5 Å². The number of methoxy groups -OCH3 is 2. The van der Waals surface area contributed by atoms with E-state index in [0.717, 1.165) is 22.6 Å². The number of benzene rings is 2. The van der Waals surface area contributed by atoms with E-state index in [0.29, 0.717) is 17.0 Å². The third kappa shape index (κ3) is 4.75. The maximum absolute atomic E-state index is 13.4. The molecule has 7 nitrogen and oxygen atoms in total. The normalized spacial score (nSPS) is 15.2. The van der Waals surface area contributed by atoms with Gasteiger partial charge in [0.15, 0.2) is 0 Å². The second-order valence-corrected chi connectivity index (χ2v) is 8.56. The maximum Gasteiger partial charge on any atom is 0.264 e. The highest BCUT2D eigenvalue weighted by molar-refractivity contribution is 7.12. The quantitative estimate of drug-likeness (QED) is 0.526. The monoisotopic (exact) mass is 463 g/mol. The molecule has 8 heteroatoms. The first kappa shape index (κ1) is 22.5. The number of rotatable bonds is 7. The summed E-state index contributed by atoms with van der Waals surface area (Å²) >= 11 is 1.35. The molecule has 0 unspecified atom stereocenters. The van der Waals surface area contributed by atoms with E-state index in [1.807, 2.05) is 60.0 Å². The number of hydrogen-bond donors (Lipinski definition) is 0. The highest BCUT2D eigenvalue weighted by Crippen LogP contribution is 2.37. The van der Waals surface area contributed by atoms with Gasteiger partial charge in [0.05, 0.1) is 30.9 Å². The number of hydrogen-bond acceptors (Lipinski definition) is 6. The average Bonchev–Trinajstić information content (AvgIpc) is 3.54. The number of hydrazone groups is 1. The van der Waals surface area contributed by atoms with Crippen molar-refractivity contribution in [1.82, 2.24) is 9.91 Å². The van der Waals surface area contributed by atoms with Gasteiger partial charge in [-0.05, 0) is 47.3 Å². The molecule has 3 aromatic rings. The minimum Gasteiger partial charge on any atom is -0.497 e. The summed E-state index contributed by atoms with van der Waals surface area (Å²) in [5, 5.41) is 8.01. The van der Waals surface area contributed by atoms with E-state index in [9.17, 15) is 9.59 Å². The van der Waals surface area contributed by atoms with E-state index in [4.69, 9.17) is 14.6 Å². The maximum atomic E-state index is 13.4. The first-order valence-corrected chi connectivity index (χ1v) is 11.4. The molecule has 2 heterocycles. The summed E-state index contributed by atoms with van der Waals surface area (Å²) in [4.78, 5) is 28.0. The first-order valence-electron chi connectivity index (χ1n) is 10.5. The molecule has 1 aromatic heterocycles. The van der Waals surface area contributed by atoms with Crippen LogP contribution < -0.4 is 9.47 Å². The predicted octanol–water partition coefficient (Wildman–Crippen LogP) is 4.22. The number of carbonyl (C=O) groups excluding carboxylic acids is 2. The number of amides is 2. The fraction of sp³-hybridized carbons (Fsp3) is 0.240. The molecule has 0 saturated heterocycles. The largest absolute Gasteiger partial charge is 0.497 e. The van der Waals surface area contributed by atoms with E-state index in [2.05, 4.69) is 0 Å². The van der Waals surface area contributed by atoms with Crippen LogP contribution in [-0.2, 0) is 4.79 Å². The third-order valence-electron chi connectivity index (χ3n) is 5.54. The number of nitrogens with zero attached hydrogens (tertiary/aromatic N) is 3. The minimum atomic E-state index is -0.337. The number of para-hydroxylation sites is 1. The van der Waals surface area contributed by atoms with Crippen molar-refractivity contribution in [1.29, 1.82) is 0 Å². The molecule has 33 heavy (non-hydrogen) atoms. The van der Waals surface area contributed by atoms with Crippen LogP contribution in [0.2, 0.25) is 0 Å². The summed E-state index contributed by atoms with van der Waals surface area (Å²) in [6.07, 6.45) is 0.529. The predicted molar refractivity (Wildman–Crippen MR) is 128 cm³/mol. The van der Waals surface area contributed by atoms with Crippen LogP contribution in [0.25, 0.3) is 0 Å². The van der Waals surface area contributed by atoms with Gasteiger partial charge < -0.3 is 14.4 Å². The van der Waals surface area contributed by atoms with Crippen LogP contribution in [0.15, 0.2) is 71.1 Å². The molecule has 0 radical (unpaired) electrons. The van der Waals surface area contributed by atoms with Gasteiger partial charge in [-0.15, -0.1) is 11.3 Å². The SMILES string of the molecule is COc1ccc(C2=NN(C(=O)CN(C)C(=O)c3cccs3)[C@@H](c3ccccc3OC)C2)cc1. The van der Waals surface area contributed by atoms with E-state index in [-0.39, 0.29) is 24.4 Å². The zero-order valence-corrected chi connectivity index (χ0v) is 19.5. The number of carbonyl (C=O) groups is 2. The second-order valence-electron chi connectivity index (χ2n) is 7.61. The Morgan fingerprint density at radius 2 is 1.82 bits per heavy atom. The lowest BCUT2D eigenvalue weighted by molar-refractivity contribution is -0.133. The van der Waals surface area contributed by atoms with Gasteiger partial charge in [0.2, 0.25) is 0 Å². The zero-order chi connectivity index (χ0) is 23.4. The minimum absolute atomic E-state index is 0.0816. The Balaban J connectivity index is 1.63. The summed E-state index contributed by atoms with van der Waals surface area (Å²) in [7, 11) is 4.86. The average molecular weight is 464 g/mol. The van der Waals surface area contributed by atoms with E-state index in [1.165, 1.54) is 21.2 Å². The van der Waals surface area contributed by atoms with Crippen LogP contribution >= 0.6 is 11.3 Å². The molecule has 0 saturated carbocycles. The van der Waals surface area contributed by atoms with Gasteiger partial charge in [-0.3, -0.25) is 9.59 Å². The Hall–Kier alpha value is -3.65. The highest BCUT2D eigenvalue weighted by Gasteiger charge is 2.35. The number of ether oxygens (including phenoxy) is 2. The van der Waals surface area contributed by atoms with Crippen molar-refractivity contribution >= 4 is 28.9 Å². The summed E-state index contributed by atoms with van der Waals surface area (Å²) in [6.45, 7) is -0.0816. The van der Waals surface area contributed by atoms with Crippen molar-refractivity contribution in [3.8, 4) is 11.5 Å². The standard InChI is InChI=1S/C25H25N3O4S/c1-27(25(30)23-9-6-14-33-23)16-24(29)28-21(19-7-4-5-8-22(19)32-3)15-20(26-28)17-10-12-18(31-2)13-11-17/h4-14,21H,15-16H2,1-3H3/t21-/m1/s1. The summed E-state index contributed by atoms with van der Waals surface area (Å²) in [5.41, 5.74) is 2.57. The van der Waals surface area contributed by atoms with Crippen LogP contribution in [-0.4, -0.2) is 55.2 Å². The lowest BCUT2D eigenvalue weighted by Gasteiger charge is -2.25. The van der Waals surface area contributed by atoms with Gasteiger partial charge in [-0.25, -0.2) is 5.01 Å². The van der Waals surface area contributed by atoms with Crippen LogP contribution in [0.1, 0.15) is 33.3 Å². The van der Waals surface area contributed by atoms with Gasteiger partial charge in [-0.2, -0.15) is 5.10 Å². The lowest BCUT2D eigenvalue weighted by Crippen LogP contribution is -2.39. The molecule has 0 fully saturated rings. The zero-order valence-electron chi connectivity index (χ0n) is 18.7. The molecule has 0 spiro atoms. The van der Waals surface area contributed by atoms with Gasteiger partial charge in [0.25, 0.3) is 11.8 Å². The number of likely N-dealkylation sites (N-methyl/N-ethyl adjacent to an activating group) is 1. The van der Waals surface area contributed by atoms with Gasteiger partial charge in [0.1, 0.15) is 18.0 Å². The van der Waals surface area contributed by atoms with Crippen LogP contribution in [0.5, 0.6) is 11.5 Å². The van der Waals surface area contributed by atoms with Crippen molar-refractivity contribution in [2.24, 2.45) is 5.10 Å². The van der Waals surface area contributed by atoms with Crippen molar-refractivity contribution in [3.63, 3.8) is 0 Å². The molecule has 1 aliphatic heterocycles. The molecule has 1 aliphatic rings. The fourth-order valence-electron chi connectivity index (χ4n) is 3.82. The highest BCUT2D eigenvalue weighted by atomic mass is 32.1. The Labute approximate surface area is 196 Å². The Morgan fingerprint density at radius 1 is 1.06 bits per heavy atom. The van der Waals surface area contributed by atoms with Gasteiger partial charge in [-0.1, -0.05) is 24.3 Å². The number of thiophene rings is 1. The Bertz CT molecular complexity index is 1160. The molecule has 0 N–H and O–H groups in total. The van der Waals surface area contributed by atoms with Gasteiger partial charge in [0, 0.05) is 19.0 Å². The summed E-state index contributed by atoms with van der Waals surface area (Å²) < 4.78 is 10.8. The van der Waals surface area contributed by atoms with Crippen molar-refractivity contribution in [3.05, 3.63) is 82.0 Å². The molecular formula is C25H25N3O4S. The molecular weight excluding hydrogens is 438 g/mol. The van der Waals surface area contributed by atoms with Crippen LogP contribution in [0.4, 0.5) is 0 Å². The molecule has 4 rings (SSSR count). The molecule has 2 amide bonds. The van der Waals surface area contributed by atoms with E-state index >= 15 is 0 Å². The van der Waals surface area contributed by atoms with Gasteiger partial charge >= 0.3 is 0 Å². The molecule has 0 aliphatic carbocycles. The first-order chi connectivity index (χ1) is 16.0. The topological polar surface area (TPSA) is 71.4 Å². The smallest absolute Gasteiger partial charge is 0.264 e. The van der Waals surface area contributed by atoms with Crippen LogP contribution in [0, 0.1) is 0 Å². The fourth-order valence-corrected chi connectivity index (χ4v) is 4.54. The molecule has 2 aromatic carbocycles. The molecule has 1 atom stereocenters. The Morgan fingerprint density at radius 3 is 2.48 bits per heavy atom. The molecule has 0 bridgehead atoms. The Kier molecular flexibility index (Phi) is 6.74. The van der Waals surface area contributed by atoms with E-state index < -0.39 is 0 Å². The van der Waals surface area contributed by atoms with Crippen LogP contribution in [0.3, 0.4) is 0 Å². The third-order valence-corrected chi connectivity index (χ3v) is 6.40. The second kappa shape index (κ2) is 9.87. The summed E-state index contributed by atoms with van der Waals surface area (Å²) in [6, 6.07) is 18.4. The molecule has 170 valence electrons. The van der Waals surface area contributed by atoms with Crippen molar-refractivity contribution in [2.75, 3.05) is 27.8 Å². The van der Waals surface area contributed by atoms with E-state index in [1.54, 1.807) is 27.3 Å². The lowest BCUT2D eigenvalue weighted by atomic mass is 9.97. The summed E-state index contributed by atoms with van der Waals surface area (Å²) in [5.74, 6) is 0.988. The van der Waals surface area contributed by atoms with Crippen molar-refractivity contribution < 1.29 is 19.1 Å².